The third kappa shape index (κ3) is 1.32. The lowest BCUT2D eigenvalue weighted by Crippen LogP contribution is -2.44. The molecule has 1 heterocycles. The van der Waals surface area contributed by atoms with Crippen molar-refractivity contribution in [3.63, 3.8) is 0 Å². The Morgan fingerprint density at radius 2 is 1.31 bits per heavy atom. The van der Waals surface area contributed by atoms with Gasteiger partial charge in [0.1, 0.15) is 0 Å². The van der Waals surface area contributed by atoms with Gasteiger partial charge in [-0.2, -0.15) is 0 Å². The minimum atomic E-state index is -0.349. The molecule has 1 aliphatic heterocycles. The fourth-order valence-corrected chi connectivity index (χ4v) is 3.98. The van der Waals surface area contributed by atoms with Crippen LogP contribution >= 0.6 is 8.58 Å². The summed E-state index contributed by atoms with van der Waals surface area (Å²) in [5, 5.41) is 2.76. The molecule has 0 unspecified atom stereocenters. The van der Waals surface area contributed by atoms with Gasteiger partial charge in [0, 0.05) is 0 Å². The largest absolute Gasteiger partial charge is 0.318 e. The summed E-state index contributed by atoms with van der Waals surface area (Å²) in [6, 6.07) is 17.0. The molecule has 2 heteroatoms. The first kappa shape index (κ1) is 10.0. The molecular formula is C14H14NP. The van der Waals surface area contributed by atoms with Crippen LogP contribution in [0.1, 0.15) is 18.1 Å². The number of nitrogens with two attached hydrogens (primary N) is 1. The Morgan fingerprint density at radius 3 is 1.81 bits per heavy atom. The maximum atomic E-state index is 6.51. The van der Waals surface area contributed by atoms with E-state index in [4.69, 9.17) is 5.73 Å². The number of fused-ring (bicyclic) bond motifs is 2. The summed E-state index contributed by atoms with van der Waals surface area (Å²) in [6.07, 6.45) is 0. The molecule has 0 spiro atoms. The summed E-state index contributed by atoms with van der Waals surface area (Å²) >= 11 is 0. The van der Waals surface area contributed by atoms with Gasteiger partial charge in [-0.1, -0.05) is 57.1 Å². The first-order chi connectivity index (χ1) is 7.69. The zero-order valence-corrected chi connectivity index (χ0v) is 10.2. The Balaban J connectivity index is 2.28. The topological polar surface area (TPSA) is 26.0 Å². The molecule has 2 aromatic carbocycles. The third-order valence-electron chi connectivity index (χ3n) is 3.24. The lowest BCUT2D eigenvalue weighted by atomic mass is 9.85. The lowest BCUT2D eigenvalue weighted by Gasteiger charge is -2.34. The minimum absolute atomic E-state index is 0.349. The molecule has 0 bridgehead atoms. The molecule has 0 saturated carbocycles. The van der Waals surface area contributed by atoms with Gasteiger partial charge in [0.25, 0.3) is 0 Å². The molecule has 2 N–H and O–H groups in total. The van der Waals surface area contributed by atoms with Gasteiger partial charge >= 0.3 is 0 Å². The van der Waals surface area contributed by atoms with Crippen LogP contribution in [-0.2, 0) is 5.54 Å². The van der Waals surface area contributed by atoms with Crippen molar-refractivity contribution >= 4 is 19.2 Å². The standard InChI is InChI=1S/C14H14NP/c1-14(15)10-6-2-4-8-12(10)16-13-9-5-3-7-11(13)14/h2-9,16H,15H2,1H3. The highest BCUT2D eigenvalue weighted by molar-refractivity contribution is 7.56. The Labute approximate surface area is 97.5 Å². The van der Waals surface area contributed by atoms with Crippen LogP contribution < -0.4 is 16.3 Å². The van der Waals surface area contributed by atoms with Crippen LogP contribution in [-0.4, -0.2) is 0 Å². The predicted octanol–water partition coefficient (Wildman–Crippen LogP) is 1.85. The molecule has 0 aromatic heterocycles. The maximum Gasteiger partial charge on any atom is 0.0649 e. The molecule has 0 amide bonds. The third-order valence-corrected chi connectivity index (χ3v) is 4.65. The van der Waals surface area contributed by atoms with Crippen LogP contribution in [0.3, 0.4) is 0 Å². The van der Waals surface area contributed by atoms with E-state index in [1.54, 1.807) is 0 Å². The van der Waals surface area contributed by atoms with Crippen LogP contribution in [0.2, 0.25) is 0 Å². The molecule has 16 heavy (non-hydrogen) atoms. The van der Waals surface area contributed by atoms with E-state index in [9.17, 15) is 0 Å². The Morgan fingerprint density at radius 1 is 0.875 bits per heavy atom. The van der Waals surface area contributed by atoms with Gasteiger partial charge in [0.15, 0.2) is 0 Å². The van der Waals surface area contributed by atoms with Crippen molar-refractivity contribution in [2.75, 3.05) is 0 Å². The molecule has 0 aliphatic carbocycles. The predicted molar refractivity (Wildman–Crippen MR) is 71.1 cm³/mol. The second-order valence-corrected chi connectivity index (χ2v) is 5.75. The first-order valence-electron chi connectivity index (χ1n) is 5.44. The van der Waals surface area contributed by atoms with Crippen molar-refractivity contribution in [2.24, 2.45) is 5.73 Å². The van der Waals surface area contributed by atoms with Crippen LogP contribution in [0.25, 0.3) is 0 Å². The Kier molecular flexibility index (Phi) is 2.14. The van der Waals surface area contributed by atoms with Crippen LogP contribution in [0, 0.1) is 0 Å². The second kappa shape index (κ2) is 3.41. The number of hydrogen-bond acceptors (Lipinski definition) is 1. The SMILES string of the molecule is CC1(N)c2ccccc2Pc2ccccc21. The molecule has 0 saturated heterocycles. The fourth-order valence-electron chi connectivity index (χ4n) is 2.38. The van der Waals surface area contributed by atoms with Gasteiger partial charge in [-0.05, 0) is 28.7 Å². The monoisotopic (exact) mass is 227 g/mol. The average Bonchev–Trinajstić information content (AvgIpc) is 2.29. The molecule has 2 aromatic rings. The summed E-state index contributed by atoms with van der Waals surface area (Å²) in [5.41, 5.74) is 8.70. The van der Waals surface area contributed by atoms with Crippen LogP contribution in [0.4, 0.5) is 0 Å². The smallest absolute Gasteiger partial charge is 0.0649 e. The summed E-state index contributed by atoms with van der Waals surface area (Å²) < 4.78 is 0. The van der Waals surface area contributed by atoms with Crippen molar-refractivity contribution in [1.82, 2.24) is 0 Å². The normalized spacial score (nSPS) is 23.9. The van der Waals surface area contributed by atoms with E-state index in [1.165, 1.54) is 21.7 Å². The minimum Gasteiger partial charge on any atom is -0.318 e. The molecule has 1 aliphatic rings. The number of benzene rings is 2. The molecule has 1 nitrogen and oxygen atoms in total. The van der Waals surface area contributed by atoms with Gasteiger partial charge in [-0.25, -0.2) is 0 Å². The van der Waals surface area contributed by atoms with Crippen LogP contribution in [0.15, 0.2) is 48.5 Å². The van der Waals surface area contributed by atoms with Gasteiger partial charge in [-0.3, -0.25) is 0 Å². The zero-order valence-electron chi connectivity index (χ0n) is 9.20. The van der Waals surface area contributed by atoms with Crippen molar-refractivity contribution < 1.29 is 0 Å². The highest BCUT2D eigenvalue weighted by atomic mass is 31.1. The van der Waals surface area contributed by atoms with E-state index in [-0.39, 0.29) is 5.54 Å². The van der Waals surface area contributed by atoms with Gasteiger partial charge in [0.05, 0.1) is 5.54 Å². The molecule has 0 atom stereocenters. The van der Waals surface area contributed by atoms with Crippen molar-refractivity contribution in [3.8, 4) is 0 Å². The van der Waals surface area contributed by atoms with E-state index >= 15 is 0 Å². The lowest BCUT2D eigenvalue weighted by molar-refractivity contribution is 0.609. The van der Waals surface area contributed by atoms with Gasteiger partial charge in [-0.15, -0.1) is 0 Å². The summed E-state index contributed by atoms with van der Waals surface area (Å²) in [4.78, 5) is 0. The van der Waals surface area contributed by atoms with E-state index in [2.05, 4.69) is 55.5 Å². The van der Waals surface area contributed by atoms with E-state index in [0.29, 0.717) is 0 Å². The van der Waals surface area contributed by atoms with E-state index < -0.39 is 0 Å². The molecule has 0 fully saturated rings. The molecular weight excluding hydrogens is 213 g/mol. The zero-order chi connectivity index (χ0) is 11.2. The number of hydrogen-bond donors (Lipinski definition) is 1. The average molecular weight is 227 g/mol. The highest BCUT2D eigenvalue weighted by Gasteiger charge is 2.32. The quantitative estimate of drug-likeness (QED) is 0.683. The van der Waals surface area contributed by atoms with Crippen LogP contribution in [0.5, 0.6) is 0 Å². The van der Waals surface area contributed by atoms with E-state index in [1.807, 2.05) is 0 Å². The van der Waals surface area contributed by atoms with E-state index in [0.717, 1.165) is 8.58 Å². The highest BCUT2D eigenvalue weighted by Crippen LogP contribution is 2.34. The molecule has 0 radical (unpaired) electrons. The van der Waals surface area contributed by atoms with Crippen molar-refractivity contribution in [2.45, 2.75) is 12.5 Å². The first-order valence-corrected chi connectivity index (χ1v) is 6.44. The summed E-state index contributed by atoms with van der Waals surface area (Å²) in [6.45, 7) is 2.11. The molecule has 80 valence electrons. The van der Waals surface area contributed by atoms with Gasteiger partial charge in [0.2, 0.25) is 0 Å². The Hall–Kier alpha value is -1.17. The van der Waals surface area contributed by atoms with Crippen molar-refractivity contribution in [3.05, 3.63) is 59.7 Å². The fraction of sp³-hybridized carbons (Fsp3) is 0.143. The maximum absolute atomic E-state index is 6.51. The van der Waals surface area contributed by atoms with Crippen molar-refractivity contribution in [1.29, 1.82) is 0 Å². The second-order valence-electron chi connectivity index (χ2n) is 4.42. The Bertz CT molecular complexity index is 498. The number of rotatable bonds is 0. The molecule has 3 rings (SSSR count). The summed E-state index contributed by atoms with van der Waals surface area (Å²) in [5.74, 6) is 0. The summed E-state index contributed by atoms with van der Waals surface area (Å²) in [7, 11) is 0.731. The van der Waals surface area contributed by atoms with Gasteiger partial charge < -0.3 is 5.73 Å².